The summed E-state index contributed by atoms with van der Waals surface area (Å²) in [6, 6.07) is 6.22. The maximum atomic E-state index is 13.3. The molecule has 7 nitrogen and oxygen atoms in total. The van der Waals surface area contributed by atoms with Gasteiger partial charge in [0.15, 0.2) is 5.75 Å². The molecule has 2 aromatic rings. The van der Waals surface area contributed by atoms with Crippen LogP contribution in [0.3, 0.4) is 0 Å². The second-order valence-corrected chi connectivity index (χ2v) is 5.77. The fourth-order valence-electron chi connectivity index (χ4n) is 2.17. The topological polar surface area (TPSA) is 90.7 Å². The summed E-state index contributed by atoms with van der Waals surface area (Å²) in [5.41, 5.74) is -1.87. The maximum Gasteiger partial charge on any atom is 0.420 e. The number of anilines is 1. The molecule has 0 aliphatic heterocycles. The SMILES string of the molecule is CCOC(=O)CNc1ccc(Cl)cc1Oc1ccc([N+](=O)[O-])cc1C(F)(F)F. The molecule has 0 radical (unpaired) electrons. The number of nitro groups is 1. The number of nitrogens with one attached hydrogen (secondary N) is 1. The first-order valence-electron chi connectivity index (χ1n) is 7.84. The van der Waals surface area contributed by atoms with Crippen molar-refractivity contribution < 1.29 is 32.4 Å². The fourth-order valence-corrected chi connectivity index (χ4v) is 2.33. The molecule has 0 spiro atoms. The first-order valence-corrected chi connectivity index (χ1v) is 8.22. The molecule has 11 heteroatoms. The van der Waals surface area contributed by atoms with Gasteiger partial charge in [-0.15, -0.1) is 0 Å². The van der Waals surface area contributed by atoms with Crippen molar-refractivity contribution in [3.8, 4) is 11.5 Å². The van der Waals surface area contributed by atoms with E-state index in [4.69, 9.17) is 21.1 Å². The van der Waals surface area contributed by atoms with Crippen LogP contribution in [-0.4, -0.2) is 24.0 Å². The molecule has 0 bridgehead atoms. The number of carbonyl (C=O) groups excluding carboxylic acids is 1. The Hall–Kier alpha value is -3.01. The Morgan fingerprint density at radius 3 is 2.54 bits per heavy atom. The minimum atomic E-state index is -4.89. The highest BCUT2D eigenvalue weighted by Gasteiger charge is 2.36. The molecule has 0 aromatic heterocycles. The maximum absolute atomic E-state index is 13.3. The second-order valence-electron chi connectivity index (χ2n) is 5.34. The summed E-state index contributed by atoms with van der Waals surface area (Å²) in [7, 11) is 0. The van der Waals surface area contributed by atoms with Crippen LogP contribution in [0.15, 0.2) is 36.4 Å². The van der Waals surface area contributed by atoms with Gasteiger partial charge in [-0.1, -0.05) is 11.6 Å². The number of carbonyl (C=O) groups is 1. The van der Waals surface area contributed by atoms with Crippen molar-refractivity contribution in [2.24, 2.45) is 0 Å². The van der Waals surface area contributed by atoms with Crippen molar-refractivity contribution in [3.05, 3.63) is 57.1 Å². The lowest BCUT2D eigenvalue weighted by atomic mass is 10.1. The third kappa shape index (κ3) is 5.49. The smallest absolute Gasteiger partial charge is 0.420 e. The van der Waals surface area contributed by atoms with E-state index in [9.17, 15) is 28.1 Å². The third-order valence-electron chi connectivity index (χ3n) is 3.37. The van der Waals surface area contributed by atoms with Gasteiger partial charge in [-0.05, 0) is 25.1 Å². The molecule has 0 saturated heterocycles. The molecular weight excluding hydrogens is 405 g/mol. The van der Waals surface area contributed by atoms with Crippen molar-refractivity contribution >= 4 is 28.9 Å². The molecule has 2 rings (SSSR count). The molecule has 0 atom stereocenters. The van der Waals surface area contributed by atoms with Crippen molar-refractivity contribution in [1.82, 2.24) is 0 Å². The van der Waals surface area contributed by atoms with Crippen molar-refractivity contribution in [3.63, 3.8) is 0 Å². The van der Waals surface area contributed by atoms with E-state index in [0.717, 1.165) is 12.1 Å². The van der Waals surface area contributed by atoms with Crippen LogP contribution in [0.1, 0.15) is 12.5 Å². The van der Waals surface area contributed by atoms with Gasteiger partial charge in [0.25, 0.3) is 5.69 Å². The molecular formula is C17H14ClF3N2O5. The Morgan fingerprint density at radius 1 is 1.21 bits per heavy atom. The summed E-state index contributed by atoms with van der Waals surface area (Å²) in [5.74, 6) is -1.33. The number of halogens is 4. The van der Waals surface area contributed by atoms with Crippen molar-refractivity contribution in [2.75, 3.05) is 18.5 Å². The Morgan fingerprint density at radius 2 is 1.93 bits per heavy atom. The van der Waals surface area contributed by atoms with E-state index in [-0.39, 0.29) is 29.6 Å². The van der Waals surface area contributed by atoms with Crippen molar-refractivity contribution in [2.45, 2.75) is 13.1 Å². The molecule has 150 valence electrons. The van der Waals surface area contributed by atoms with Crippen LogP contribution in [0.4, 0.5) is 24.5 Å². The zero-order valence-electron chi connectivity index (χ0n) is 14.4. The Kier molecular flexibility index (Phi) is 6.68. The highest BCUT2D eigenvalue weighted by molar-refractivity contribution is 6.30. The number of alkyl halides is 3. The van der Waals surface area contributed by atoms with Gasteiger partial charge >= 0.3 is 12.1 Å². The number of nitrogens with zero attached hydrogens (tertiary/aromatic N) is 1. The molecule has 2 aromatic carbocycles. The first-order chi connectivity index (χ1) is 13.1. The van der Waals surface area contributed by atoms with E-state index < -0.39 is 34.1 Å². The van der Waals surface area contributed by atoms with Crippen LogP contribution in [0.25, 0.3) is 0 Å². The van der Waals surface area contributed by atoms with Gasteiger partial charge < -0.3 is 14.8 Å². The molecule has 0 fully saturated rings. The first kappa shape index (κ1) is 21.3. The number of esters is 1. The van der Waals surface area contributed by atoms with Gasteiger partial charge in [-0.3, -0.25) is 14.9 Å². The van der Waals surface area contributed by atoms with E-state index in [1.165, 1.54) is 18.2 Å². The molecule has 0 saturated carbocycles. The van der Waals surface area contributed by atoms with Gasteiger partial charge in [0, 0.05) is 23.2 Å². The summed E-state index contributed by atoms with van der Waals surface area (Å²) in [6.07, 6.45) is -4.89. The zero-order chi connectivity index (χ0) is 20.9. The summed E-state index contributed by atoms with van der Waals surface area (Å²) >= 11 is 5.88. The van der Waals surface area contributed by atoms with Crippen LogP contribution in [-0.2, 0) is 15.7 Å². The van der Waals surface area contributed by atoms with Crippen LogP contribution >= 0.6 is 11.6 Å². The quantitative estimate of drug-likeness (QED) is 0.385. The largest absolute Gasteiger partial charge is 0.465 e. The van der Waals surface area contributed by atoms with E-state index in [1.54, 1.807) is 6.92 Å². The van der Waals surface area contributed by atoms with Gasteiger partial charge in [0.2, 0.25) is 0 Å². The molecule has 0 aliphatic carbocycles. The average Bonchev–Trinajstić information content (AvgIpc) is 2.60. The lowest BCUT2D eigenvalue weighted by Crippen LogP contribution is -2.17. The lowest BCUT2D eigenvalue weighted by molar-refractivity contribution is -0.385. The number of nitro benzene ring substituents is 1. The fraction of sp³-hybridized carbons (Fsp3) is 0.235. The minimum absolute atomic E-state index is 0.101. The number of non-ortho nitro benzene ring substituents is 1. The Balaban J connectivity index is 2.38. The Bertz CT molecular complexity index is 890. The minimum Gasteiger partial charge on any atom is -0.465 e. The number of ether oxygens (including phenoxy) is 2. The highest BCUT2D eigenvalue weighted by Crippen LogP contribution is 2.41. The van der Waals surface area contributed by atoms with Crippen LogP contribution in [0.2, 0.25) is 5.02 Å². The monoisotopic (exact) mass is 418 g/mol. The van der Waals surface area contributed by atoms with E-state index in [2.05, 4.69) is 5.32 Å². The molecule has 1 N–H and O–H groups in total. The van der Waals surface area contributed by atoms with Gasteiger partial charge in [-0.25, -0.2) is 0 Å². The Labute approximate surface area is 162 Å². The number of benzene rings is 2. The molecule has 0 aliphatic rings. The summed E-state index contributed by atoms with van der Waals surface area (Å²) < 4.78 is 50.0. The summed E-state index contributed by atoms with van der Waals surface area (Å²) in [4.78, 5) is 21.3. The number of hydrogen-bond acceptors (Lipinski definition) is 6. The third-order valence-corrected chi connectivity index (χ3v) is 3.61. The second kappa shape index (κ2) is 8.79. The van der Waals surface area contributed by atoms with Gasteiger partial charge in [-0.2, -0.15) is 13.2 Å². The summed E-state index contributed by atoms with van der Waals surface area (Å²) in [6.45, 7) is 1.54. The van der Waals surface area contributed by atoms with E-state index in [0.29, 0.717) is 6.07 Å². The molecule has 0 heterocycles. The van der Waals surface area contributed by atoms with Crippen molar-refractivity contribution in [1.29, 1.82) is 0 Å². The van der Waals surface area contributed by atoms with Crippen LogP contribution in [0.5, 0.6) is 11.5 Å². The standard InChI is InChI=1S/C17H14ClF3N2O5/c1-2-27-16(24)9-22-13-5-3-10(18)7-15(13)28-14-6-4-11(23(25)26)8-12(14)17(19,20)21/h3-8,22H,2,9H2,1H3. The average molecular weight is 419 g/mol. The molecule has 0 unspecified atom stereocenters. The van der Waals surface area contributed by atoms with E-state index >= 15 is 0 Å². The van der Waals surface area contributed by atoms with E-state index in [1.807, 2.05) is 0 Å². The van der Waals surface area contributed by atoms with Gasteiger partial charge in [0.1, 0.15) is 17.9 Å². The highest BCUT2D eigenvalue weighted by atomic mass is 35.5. The predicted octanol–water partition coefficient (Wildman–Crippen LogP) is 5.03. The molecule has 28 heavy (non-hydrogen) atoms. The lowest BCUT2D eigenvalue weighted by Gasteiger charge is -2.16. The number of hydrogen-bond donors (Lipinski definition) is 1. The molecule has 0 amide bonds. The summed E-state index contributed by atoms with van der Waals surface area (Å²) in [5, 5.41) is 13.6. The predicted molar refractivity (Wildman–Crippen MR) is 94.7 cm³/mol. The normalized spacial score (nSPS) is 11.0. The van der Waals surface area contributed by atoms with Gasteiger partial charge in [0.05, 0.1) is 17.2 Å². The zero-order valence-corrected chi connectivity index (χ0v) is 15.1. The number of rotatable bonds is 7. The van der Waals surface area contributed by atoms with Crippen LogP contribution < -0.4 is 10.1 Å². The van der Waals surface area contributed by atoms with Crippen LogP contribution in [0, 0.1) is 10.1 Å².